The third kappa shape index (κ3) is 3.28. The molecule has 1 fully saturated rings. The van der Waals surface area contributed by atoms with E-state index in [1.807, 2.05) is 12.1 Å². The van der Waals surface area contributed by atoms with Crippen molar-refractivity contribution < 1.29 is 9.90 Å². The van der Waals surface area contributed by atoms with Crippen molar-refractivity contribution >= 4 is 17.4 Å². The third-order valence-corrected chi connectivity index (χ3v) is 3.41. The number of halogens is 1. The lowest BCUT2D eigenvalue weighted by molar-refractivity contribution is 0.0964. The second-order valence-electron chi connectivity index (χ2n) is 4.40. The monoisotopic (exact) mass is 253 g/mol. The van der Waals surface area contributed by atoms with Crippen LogP contribution in [0.3, 0.4) is 0 Å². The highest BCUT2D eigenvalue weighted by molar-refractivity contribution is 6.33. The number of hydrogen-bond donors (Lipinski definition) is 1. The molecule has 1 heterocycles. The first-order valence-electron chi connectivity index (χ1n) is 5.85. The predicted molar refractivity (Wildman–Crippen MR) is 67.5 cm³/mol. The molecule has 1 unspecified atom stereocenters. The minimum atomic E-state index is -0.231. The van der Waals surface area contributed by atoms with Gasteiger partial charge in [0.2, 0.25) is 0 Å². The van der Waals surface area contributed by atoms with E-state index in [1.165, 1.54) is 0 Å². The number of rotatable bonds is 4. The summed E-state index contributed by atoms with van der Waals surface area (Å²) in [6.07, 6.45) is 1.03. The van der Waals surface area contributed by atoms with Crippen LogP contribution in [-0.2, 0) is 0 Å². The largest absolute Gasteiger partial charge is 0.392 e. The van der Waals surface area contributed by atoms with Crippen LogP contribution in [0, 0.1) is 0 Å². The van der Waals surface area contributed by atoms with Gasteiger partial charge in [-0.25, -0.2) is 0 Å². The molecule has 92 valence electrons. The first-order valence-corrected chi connectivity index (χ1v) is 6.23. The number of benzene rings is 1. The summed E-state index contributed by atoms with van der Waals surface area (Å²) < 4.78 is 0. The van der Waals surface area contributed by atoms with Gasteiger partial charge in [-0.05, 0) is 18.6 Å². The van der Waals surface area contributed by atoms with Gasteiger partial charge >= 0.3 is 0 Å². The summed E-state index contributed by atoms with van der Waals surface area (Å²) in [7, 11) is 0. The van der Waals surface area contributed by atoms with Gasteiger partial charge in [0.25, 0.3) is 0 Å². The van der Waals surface area contributed by atoms with Gasteiger partial charge in [0.1, 0.15) is 0 Å². The van der Waals surface area contributed by atoms with Gasteiger partial charge in [-0.1, -0.05) is 23.7 Å². The molecule has 0 spiro atoms. The second-order valence-corrected chi connectivity index (χ2v) is 4.80. The van der Waals surface area contributed by atoms with Crippen molar-refractivity contribution in [2.45, 2.75) is 18.9 Å². The average Bonchev–Trinajstić information content (AvgIpc) is 2.73. The van der Waals surface area contributed by atoms with Crippen molar-refractivity contribution in [1.29, 1.82) is 0 Å². The van der Waals surface area contributed by atoms with Gasteiger partial charge in [-0.15, -0.1) is 0 Å². The van der Waals surface area contributed by atoms with Gasteiger partial charge in [0.15, 0.2) is 5.78 Å². The van der Waals surface area contributed by atoms with Crippen molar-refractivity contribution in [1.82, 2.24) is 4.90 Å². The maximum Gasteiger partial charge on any atom is 0.165 e. The minimum Gasteiger partial charge on any atom is -0.392 e. The van der Waals surface area contributed by atoms with Gasteiger partial charge < -0.3 is 10.0 Å². The van der Waals surface area contributed by atoms with E-state index >= 15 is 0 Å². The predicted octanol–water partition coefficient (Wildman–Crippen LogP) is 1.98. The Labute approximate surface area is 106 Å². The molecule has 1 N–H and O–H groups in total. The summed E-state index contributed by atoms with van der Waals surface area (Å²) in [4.78, 5) is 14.0. The lowest BCUT2D eigenvalue weighted by Gasteiger charge is -2.14. The van der Waals surface area contributed by atoms with Crippen LogP contribution in [0.2, 0.25) is 5.02 Å². The van der Waals surface area contributed by atoms with Crippen LogP contribution in [-0.4, -0.2) is 41.5 Å². The molecule has 4 heteroatoms. The number of aliphatic hydroxyl groups excluding tert-OH is 1. The molecule has 0 saturated carbocycles. The molecule has 1 aromatic rings. The number of carbonyl (C=O) groups is 1. The van der Waals surface area contributed by atoms with Gasteiger partial charge in [0, 0.05) is 31.6 Å². The molecule has 0 amide bonds. The van der Waals surface area contributed by atoms with Gasteiger partial charge in [0.05, 0.1) is 11.1 Å². The number of hydrogen-bond acceptors (Lipinski definition) is 3. The summed E-state index contributed by atoms with van der Waals surface area (Å²) >= 11 is 5.96. The van der Waals surface area contributed by atoms with Crippen molar-refractivity contribution in [3.63, 3.8) is 0 Å². The smallest absolute Gasteiger partial charge is 0.165 e. The molecule has 3 nitrogen and oxygen atoms in total. The van der Waals surface area contributed by atoms with E-state index in [0.29, 0.717) is 30.1 Å². The maximum atomic E-state index is 11.9. The van der Waals surface area contributed by atoms with E-state index in [9.17, 15) is 9.90 Å². The summed E-state index contributed by atoms with van der Waals surface area (Å²) in [5.41, 5.74) is 0.592. The number of ketones is 1. The van der Waals surface area contributed by atoms with Crippen LogP contribution in [0.4, 0.5) is 0 Å². The highest BCUT2D eigenvalue weighted by atomic mass is 35.5. The van der Waals surface area contributed by atoms with Crippen molar-refractivity contribution in [3.05, 3.63) is 34.9 Å². The van der Waals surface area contributed by atoms with Crippen LogP contribution in [0.5, 0.6) is 0 Å². The van der Waals surface area contributed by atoms with Crippen LogP contribution in [0.1, 0.15) is 23.2 Å². The number of likely N-dealkylation sites (tertiary alicyclic amines) is 1. The summed E-state index contributed by atoms with van der Waals surface area (Å²) in [5.74, 6) is 0.0667. The molecular weight excluding hydrogens is 238 g/mol. The number of nitrogens with zero attached hydrogens (tertiary/aromatic N) is 1. The van der Waals surface area contributed by atoms with Gasteiger partial charge in [-0.2, -0.15) is 0 Å². The van der Waals surface area contributed by atoms with Crippen LogP contribution in [0.25, 0.3) is 0 Å². The van der Waals surface area contributed by atoms with E-state index in [-0.39, 0.29) is 11.9 Å². The van der Waals surface area contributed by atoms with Crippen molar-refractivity contribution in [2.75, 3.05) is 19.6 Å². The molecule has 0 bridgehead atoms. The van der Waals surface area contributed by atoms with Crippen molar-refractivity contribution in [2.24, 2.45) is 0 Å². The van der Waals surface area contributed by atoms with E-state index in [0.717, 1.165) is 13.0 Å². The normalized spacial score (nSPS) is 20.7. The first kappa shape index (κ1) is 12.6. The first-order chi connectivity index (χ1) is 8.16. The minimum absolute atomic E-state index is 0.0667. The summed E-state index contributed by atoms with van der Waals surface area (Å²) in [6.45, 7) is 2.24. The molecule has 1 saturated heterocycles. The number of Topliss-reactive ketones (excluding diaryl/α,β-unsaturated/α-hetero) is 1. The quantitative estimate of drug-likeness (QED) is 0.835. The molecule has 1 aliphatic rings. The Morgan fingerprint density at radius 2 is 2.24 bits per heavy atom. The van der Waals surface area contributed by atoms with E-state index in [1.54, 1.807) is 12.1 Å². The SMILES string of the molecule is O=C(CCN1CCC(O)C1)c1ccccc1Cl. The molecule has 1 aromatic carbocycles. The molecule has 0 aliphatic carbocycles. The lowest BCUT2D eigenvalue weighted by atomic mass is 10.1. The molecule has 2 rings (SSSR count). The summed E-state index contributed by atoms with van der Waals surface area (Å²) in [5, 5.41) is 9.89. The Balaban J connectivity index is 1.88. The number of carbonyl (C=O) groups excluding carboxylic acids is 1. The Bertz CT molecular complexity index is 408. The van der Waals surface area contributed by atoms with Crippen molar-refractivity contribution in [3.8, 4) is 0 Å². The lowest BCUT2D eigenvalue weighted by Crippen LogP contribution is -2.25. The number of aliphatic hydroxyl groups is 1. The molecular formula is C13H16ClNO2. The fourth-order valence-electron chi connectivity index (χ4n) is 2.10. The Morgan fingerprint density at radius 1 is 1.47 bits per heavy atom. The molecule has 0 radical (unpaired) electrons. The molecule has 0 aromatic heterocycles. The van der Waals surface area contributed by atoms with E-state index in [4.69, 9.17) is 11.6 Å². The maximum absolute atomic E-state index is 11.9. The zero-order chi connectivity index (χ0) is 12.3. The Kier molecular flexibility index (Phi) is 4.15. The molecule has 1 atom stereocenters. The number of β-amino-alcohol motifs (C(OH)–C–C–N with tert-alkyl or cyclic N) is 1. The molecule has 17 heavy (non-hydrogen) atoms. The zero-order valence-electron chi connectivity index (χ0n) is 9.60. The fourth-order valence-corrected chi connectivity index (χ4v) is 2.34. The van der Waals surface area contributed by atoms with E-state index in [2.05, 4.69) is 4.90 Å². The van der Waals surface area contributed by atoms with Crippen LogP contribution >= 0.6 is 11.6 Å². The average molecular weight is 254 g/mol. The standard InChI is InChI=1S/C13H16ClNO2/c14-12-4-2-1-3-11(12)13(17)6-8-15-7-5-10(16)9-15/h1-4,10,16H,5-9H2. The highest BCUT2D eigenvalue weighted by Gasteiger charge is 2.20. The van der Waals surface area contributed by atoms with Gasteiger partial charge in [-0.3, -0.25) is 4.79 Å². The van der Waals surface area contributed by atoms with Crippen LogP contribution < -0.4 is 0 Å². The van der Waals surface area contributed by atoms with E-state index < -0.39 is 0 Å². The Morgan fingerprint density at radius 3 is 2.88 bits per heavy atom. The zero-order valence-corrected chi connectivity index (χ0v) is 10.4. The fraction of sp³-hybridized carbons (Fsp3) is 0.462. The molecule has 1 aliphatic heterocycles. The summed E-state index contributed by atoms with van der Waals surface area (Å²) in [6, 6.07) is 7.12. The van der Waals surface area contributed by atoms with Crippen LogP contribution in [0.15, 0.2) is 24.3 Å². The Hall–Kier alpha value is -0.900. The second kappa shape index (κ2) is 5.63. The third-order valence-electron chi connectivity index (χ3n) is 3.08. The highest BCUT2D eigenvalue weighted by Crippen LogP contribution is 2.17. The topological polar surface area (TPSA) is 40.5 Å².